The number of carbonyl (C=O) groups excluding carboxylic acids is 1. The predicted octanol–water partition coefficient (Wildman–Crippen LogP) is 2.64. The monoisotopic (exact) mass is 395 g/mol. The third kappa shape index (κ3) is 3.32. The number of nitrogens with zero attached hydrogens (tertiary/aromatic N) is 5. The van der Waals surface area contributed by atoms with Gasteiger partial charge in [0.2, 0.25) is 0 Å². The van der Waals surface area contributed by atoms with Crippen LogP contribution in [0.3, 0.4) is 0 Å². The minimum absolute atomic E-state index is 0.0688. The van der Waals surface area contributed by atoms with Crippen molar-refractivity contribution in [3.63, 3.8) is 0 Å². The standard InChI is InChI=1S/C20H21N5O2S/c26-19(14-3-5-16(6-4-14)27-17-11-28-12-17)24-9-1-2-15(10-24)18-7-8-21-20-22-13-23-25(18)20/h3-8,13,15,17H,1-2,9-12H2. The van der Waals surface area contributed by atoms with Crippen molar-refractivity contribution in [3.05, 3.63) is 54.1 Å². The first-order valence-corrected chi connectivity index (χ1v) is 10.7. The molecule has 1 aromatic carbocycles. The maximum atomic E-state index is 13.0. The molecule has 1 atom stereocenters. The van der Waals surface area contributed by atoms with Crippen LogP contribution in [0.25, 0.3) is 5.78 Å². The van der Waals surface area contributed by atoms with Gasteiger partial charge in [-0.2, -0.15) is 21.8 Å². The molecule has 0 radical (unpaired) electrons. The van der Waals surface area contributed by atoms with Gasteiger partial charge in [-0.15, -0.1) is 0 Å². The Kier molecular flexibility index (Phi) is 4.64. The molecule has 144 valence electrons. The molecule has 2 fully saturated rings. The highest BCUT2D eigenvalue weighted by atomic mass is 32.2. The van der Waals surface area contributed by atoms with Crippen LogP contribution in [-0.2, 0) is 0 Å². The Labute approximate surface area is 167 Å². The van der Waals surface area contributed by atoms with E-state index in [2.05, 4.69) is 15.1 Å². The van der Waals surface area contributed by atoms with E-state index in [-0.39, 0.29) is 11.8 Å². The van der Waals surface area contributed by atoms with Crippen molar-refractivity contribution < 1.29 is 9.53 Å². The molecule has 0 N–H and O–H groups in total. The summed E-state index contributed by atoms with van der Waals surface area (Å²) in [6, 6.07) is 9.52. The summed E-state index contributed by atoms with van der Waals surface area (Å²) in [6.07, 6.45) is 5.58. The Morgan fingerprint density at radius 2 is 2.00 bits per heavy atom. The van der Waals surface area contributed by atoms with E-state index >= 15 is 0 Å². The smallest absolute Gasteiger partial charge is 0.253 e. The fourth-order valence-corrected chi connectivity index (χ4v) is 4.37. The maximum absolute atomic E-state index is 13.0. The van der Waals surface area contributed by atoms with Crippen LogP contribution in [0, 0.1) is 0 Å². The van der Waals surface area contributed by atoms with E-state index in [4.69, 9.17) is 4.74 Å². The van der Waals surface area contributed by atoms with Gasteiger partial charge in [-0.05, 0) is 43.2 Å². The van der Waals surface area contributed by atoms with Gasteiger partial charge in [-0.3, -0.25) is 4.79 Å². The van der Waals surface area contributed by atoms with Crippen LogP contribution >= 0.6 is 11.8 Å². The Morgan fingerprint density at radius 3 is 2.79 bits per heavy atom. The van der Waals surface area contributed by atoms with Crippen molar-refractivity contribution >= 4 is 23.4 Å². The van der Waals surface area contributed by atoms with E-state index in [0.29, 0.717) is 24.0 Å². The lowest BCUT2D eigenvalue weighted by molar-refractivity contribution is 0.0705. The Hall–Kier alpha value is -2.61. The molecular formula is C20H21N5O2S. The van der Waals surface area contributed by atoms with Gasteiger partial charge in [0.05, 0.1) is 5.69 Å². The molecule has 0 saturated carbocycles. The molecule has 4 heterocycles. The average molecular weight is 395 g/mol. The highest BCUT2D eigenvalue weighted by molar-refractivity contribution is 8.00. The lowest BCUT2D eigenvalue weighted by Gasteiger charge is -2.33. The van der Waals surface area contributed by atoms with E-state index in [1.54, 1.807) is 10.7 Å². The molecule has 2 aliphatic heterocycles. The third-order valence-corrected chi connectivity index (χ3v) is 6.56. The molecule has 1 amide bonds. The molecule has 0 aliphatic carbocycles. The number of rotatable bonds is 4. The molecule has 0 bridgehead atoms. The maximum Gasteiger partial charge on any atom is 0.253 e. The Morgan fingerprint density at radius 1 is 1.14 bits per heavy atom. The van der Waals surface area contributed by atoms with Crippen LogP contribution in [0.1, 0.15) is 34.8 Å². The van der Waals surface area contributed by atoms with Gasteiger partial charge in [0.1, 0.15) is 18.2 Å². The second-order valence-corrected chi connectivity index (χ2v) is 8.31. The Bertz CT molecular complexity index is 986. The van der Waals surface area contributed by atoms with E-state index < -0.39 is 0 Å². The first kappa shape index (κ1) is 17.5. The molecule has 8 heteroatoms. The normalized spacial score (nSPS) is 20.1. The third-order valence-electron chi connectivity index (χ3n) is 5.35. The first-order valence-electron chi connectivity index (χ1n) is 9.56. The molecular weight excluding hydrogens is 374 g/mol. The number of ether oxygens (including phenoxy) is 1. The highest BCUT2D eigenvalue weighted by Gasteiger charge is 2.27. The average Bonchev–Trinajstić information content (AvgIpc) is 3.20. The lowest BCUT2D eigenvalue weighted by Crippen LogP contribution is -2.39. The minimum atomic E-state index is 0.0688. The SMILES string of the molecule is O=C(c1ccc(OC2CSC2)cc1)N1CCCC(c2ccnc3ncnn23)C1. The molecule has 5 rings (SSSR count). The summed E-state index contributed by atoms with van der Waals surface area (Å²) in [5.41, 5.74) is 1.76. The van der Waals surface area contributed by atoms with Crippen LogP contribution in [0.15, 0.2) is 42.9 Å². The first-order chi connectivity index (χ1) is 13.8. The number of carbonyl (C=O) groups is 1. The molecule has 28 heavy (non-hydrogen) atoms. The molecule has 2 saturated heterocycles. The number of hydrogen-bond donors (Lipinski definition) is 0. The number of amides is 1. The van der Waals surface area contributed by atoms with E-state index in [1.165, 1.54) is 6.33 Å². The molecule has 2 aromatic heterocycles. The van der Waals surface area contributed by atoms with Crippen molar-refractivity contribution in [1.29, 1.82) is 0 Å². The number of aromatic nitrogens is 4. The second kappa shape index (κ2) is 7.43. The molecule has 1 unspecified atom stereocenters. The lowest BCUT2D eigenvalue weighted by atomic mass is 9.94. The van der Waals surface area contributed by atoms with Crippen molar-refractivity contribution in [2.24, 2.45) is 0 Å². The minimum Gasteiger partial charge on any atom is -0.489 e. The summed E-state index contributed by atoms with van der Waals surface area (Å²) < 4.78 is 7.65. The summed E-state index contributed by atoms with van der Waals surface area (Å²) in [7, 11) is 0. The van der Waals surface area contributed by atoms with Crippen molar-refractivity contribution in [1.82, 2.24) is 24.5 Å². The molecule has 0 spiro atoms. The van der Waals surface area contributed by atoms with Crippen LogP contribution in [-0.4, -0.2) is 61.1 Å². The van der Waals surface area contributed by atoms with E-state index in [0.717, 1.165) is 42.3 Å². The number of piperidine rings is 1. The number of benzene rings is 1. The summed E-state index contributed by atoms with van der Waals surface area (Å²) in [5.74, 6) is 3.82. The van der Waals surface area contributed by atoms with Gasteiger partial charge in [0.25, 0.3) is 11.7 Å². The van der Waals surface area contributed by atoms with Gasteiger partial charge in [0, 0.05) is 42.3 Å². The van der Waals surface area contributed by atoms with E-state index in [9.17, 15) is 4.79 Å². The van der Waals surface area contributed by atoms with Crippen LogP contribution < -0.4 is 4.74 Å². The van der Waals surface area contributed by atoms with Crippen LogP contribution in [0.5, 0.6) is 5.75 Å². The van der Waals surface area contributed by atoms with Crippen molar-refractivity contribution in [2.75, 3.05) is 24.6 Å². The summed E-state index contributed by atoms with van der Waals surface area (Å²) in [4.78, 5) is 23.4. The van der Waals surface area contributed by atoms with E-state index in [1.807, 2.05) is 47.0 Å². The van der Waals surface area contributed by atoms with Gasteiger partial charge < -0.3 is 9.64 Å². The number of fused-ring (bicyclic) bond motifs is 1. The highest BCUT2D eigenvalue weighted by Crippen LogP contribution is 2.28. The summed E-state index contributed by atoms with van der Waals surface area (Å²) >= 11 is 1.89. The second-order valence-electron chi connectivity index (χ2n) is 7.23. The molecule has 3 aromatic rings. The number of likely N-dealkylation sites (tertiary alicyclic amines) is 1. The fraction of sp³-hybridized carbons (Fsp3) is 0.400. The summed E-state index contributed by atoms with van der Waals surface area (Å²) in [5, 5.41) is 4.29. The zero-order valence-corrected chi connectivity index (χ0v) is 16.2. The fourth-order valence-electron chi connectivity index (χ4n) is 3.80. The van der Waals surface area contributed by atoms with Gasteiger partial charge in [-0.25, -0.2) is 9.50 Å². The number of thioether (sulfide) groups is 1. The zero-order valence-electron chi connectivity index (χ0n) is 15.4. The topological polar surface area (TPSA) is 72.6 Å². The quantitative estimate of drug-likeness (QED) is 0.676. The van der Waals surface area contributed by atoms with Gasteiger partial charge in [-0.1, -0.05) is 0 Å². The van der Waals surface area contributed by atoms with Gasteiger partial charge in [0.15, 0.2) is 0 Å². The van der Waals surface area contributed by atoms with Crippen molar-refractivity contribution in [3.8, 4) is 5.75 Å². The van der Waals surface area contributed by atoms with Gasteiger partial charge >= 0.3 is 0 Å². The molecule has 2 aliphatic rings. The van der Waals surface area contributed by atoms with Crippen LogP contribution in [0.2, 0.25) is 0 Å². The largest absolute Gasteiger partial charge is 0.489 e. The number of hydrogen-bond acceptors (Lipinski definition) is 6. The Balaban J connectivity index is 1.30. The zero-order chi connectivity index (χ0) is 18.9. The summed E-state index contributed by atoms with van der Waals surface area (Å²) in [6.45, 7) is 1.45. The van der Waals surface area contributed by atoms with Crippen molar-refractivity contribution in [2.45, 2.75) is 24.9 Å². The van der Waals surface area contributed by atoms with Crippen LogP contribution in [0.4, 0.5) is 0 Å². The predicted molar refractivity (Wildman–Crippen MR) is 107 cm³/mol. The molecule has 7 nitrogen and oxygen atoms in total.